The highest BCUT2D eigenvalue weighted by Gasteiger charge is 2.10. The predicted molar refractivity (Wildman–Crippen MR) is 46.3 cm³/mol. The molecule has 0 fully saturated rings. The highest BCUT2D eigenvalue weighted by molar-refractivity contribution is 9.10. The van der Waals surface area contributed by atoms with Crippen molar-refractivity contribution >= 4 is 21.8 Å². The zero-order valence-electron chi connectivity index (χ0n) is 6.48. The Morgan fingerprint density at radius 3 is 2.70 bits per heavy atom. The van der Waals surface area contributed by atoms with E-state index in [2.05, 4.69) is 28.2 Å². The largest absolute Gasteiger partial charge is 0.358 e. The topological polar surface area (TPSA) is 29.1 Å². The minimum Gasteiger partial charge on any atom is -0.358 e. The lowest BCUT2D eigenvalue weighted by atomic mass is 10.2. The number of hydrogen-bond donors (Lipinski definition) is 1. The lowest BCUT2D eigenvalue weighted by Crippen LogP contribution is -2.27. The third-order valence-corrected chi connectivity index (χ3v) is 2.22. The van der Waals surface area contributed by atoms with Gasteiger partial charge >= 0.3 is 0 Å². The lowest BCUT2D eigenvalue weighted by Gasteiger charge is -2.05. The Morgan fingerprint density at radius 2 is 2.30 bits per heavy atom. The molecule has 0 bridgehead atoms. The van der Waals surface area contributed by atoms with E-state index in [1.165, 1.54) is 0 Å². The second-order valence-corrected chi connectivity index (χ2v) is 3.33. The first-order valence-corrected chi connectivity index (χ1v) is 4.49. The minimum atomic E-state index is -0.00236. The third-order valence-electron chi connectivity index (χ3n) is 1.34. The number of rotatable bonds is 4. The summed E-state index contributed by atoms with van der Waals surface area (Å²) in [6.07, 6.45) is 3.17. The van der Waals surface area contributed by atoms with Crippen LogP contribution in [0.1, 0.15) is 26.2 Å². The van der Waals surface area contributed by atoms with Crippen molar-refractivity contribution in [1.82, 2.24) is 5.32 Å². The van der Waals surface area contributed by atoms with Gasteiger partial charge in [-0.2, -0.15) is 0 Å². The number of hydrogen-bond acceptors (Lipinski definition) is 1. The van der Waals surface area contributed by atoms with Gasteiger partial charge in [-0.15, -0.1) is 0 Å². The van der Waals surface area contributed by atoms with E-state index in [9.17, 15) is 4.79 Å². The van der Waals surface area contributed by atoms with Crippen LogP contribution in [0.3, 0.4) is 0 Å². The van der Waals surface area contributed by atoms with E-state index >= 15 is 0 Å². The van der Waals surface area contributed by atoms with E-state index in [0.717, 1.165) is 19.3 Å². The zero-order chi connectivity index (χ0) is 7.98. The van der Waals surface area contributed by atoms with E-state index in [-0.39, 0.29) is 10.7 Å². The summed E-state index contributed by atoms with van der Waals surface area (Å²) in [5.74, 6) is 0.0773. The summed E-state index contributed by atoms with van der Waals surface area (Å²) in [5.41, 5.74) is 0. The molecule has 0 aliphatic carbocycles. The molecule has 0 aromatic heterocycles. The molecular formula is C7H14BrNO. The van der Waals surface area contributed by atoms with Crippen LogP contribution in [0.4, 0.5) is 0 Å². The second kappa shape index (κ2) is 5.71. The van der Waals surface area contributed by atoms with Crippen molar-refractivity contribution in [2.24, 2.45) is 0 Å². The highest BCUT2D eigenvalue weighted by atomic mass is 79.9. The first-order valence-electron chi connectivity index (χ1n) is 3.58. The van der Waals surface area contributed by atoms with Crippen molar-refractivity contribution in [2.75, 3.05) is 7.05 Å². The van der Waals surface area contributed by atoms with Gasteiger partial charge in [0.05, 0.1) is 4.83 Å². The molecule has 1 atom stereocenters. The molecule has 0 unspecified atom stereocenters. The van der Waals surface area contributed by atoms with Gasteiger partial charge in [0.15, 0.2) is 0 Å². The molecule has 0 heterocycles. The average Bonchev–Trinajstić information content (AvgIpc) is 1.98. The Balaban J connectivity index is 3.41. The molecule has 1 amide bonds. The van der Waals surface area contributed by atoms with Gasteiger partial charge in [0.2, 0.25) is 5.91 Å². The molecule has 2 nitrogen and oxygen atoms in total. The van der Waals surface area contributed by atoms with E-state index in [1.807, 2.05) is 0 Å². The number of carbonyl (C=O) groups excluding carboxylic acids is 1. The SMILES string of the molecule is CCCC[C@@H](Br)C(=O)NC. The normalized spacial score (nSPS) is 12.7. The van der Waals surface area contributed by atoms with Crippen molar-refractivity contribution < 1.29 is 4.79 Å². The summed E-state index contributed by atoms with van der Waals surface area (Å²) in [6.45, 7) is 2.11. The van der Waals surface area contributed by atoms with Crippen LogP contribution in [0.15, 0.2) is 0 Å². The van der Waals surface area contributed by atoms with Gasteiger partial charge in [-0.25, -0.2) is 0 Å². The van der Waals surface area contributed by atoms with Crippen LogP contribution in [0, 0.1) is 0 Å². The Hall–Kier alpha value is -0.0500. The fourth-order valence-corrected chi connectivity index (χ4v) is 1.22. The first-order chi connectivity index (χ1) is 4.72. The first kappa shape index (κ1) is 9.95. The monoisotopic (exact) mass is 207 g/mol. The number of carbonyl (C=O) groups is 1. The van der Waals surface area contributed by atoms with E-state index in [1.54, 1.807) is 7.05 Å². The maximum Gasteiger partial charge on any atom is 0.233 e. The quantitative estimate of drug-likeness (QED) is 0.699. The fraction of sp³-hybridized carbons (Fsp3) is 0.857. The van der Waals surface area contributed by atoms with Crippen LogP contribution in [-0.2, 0) is 4.79 Å². The summed E-state index contributed by atoms with van der Waals surface area (Å²) < 4.78 is 0. The second-order valence-electron chi connectivity index (χ2n) is 2.22. The van der Waals surface area contributed by atoms with Crippen LogP contribution in [-0.4, -0.2) is 17.8 Å². The van der Waals surface area contributed by atoms with E-state index in [4.69, 9.17) is 0 Å². The van der Waals surface area contributed by atoms with Crippen LogP contribution in [0.5, 0.6) is 0 Å². The van der Waals surface area contributed by atoms with Crippen LogP contribution >= 0.6 is 15.9 Å². The van der Waals surface area contributed by atoms with Crippen LogP contribution in [0.25, 0.3) is 0 Å². The average molecular weight is 208 g/mol. The molecular weight excluding hydrogens is 194 g/mol. The molecule has 0 aliphatic rings. The summed E-state index contributed by atoms with van der Waals surface area (Å²) in [7, 11) is 1.66. The molecule has 60 valence electrons. The smallest absolute Gasteiger partial charge is 0.233 e. The van der Waals surface area contributed by atoms with Crippen molar-refractivity contribution in [3.05, 3.63) is 0 Å². The summed E-state index contributed by atoms with van der Waals surface area (Å²) >= 11 is 3.29. The summed E-state index contributed by atoms with van der Waals surface area (Å²) in [4.78, 5) is 10.9. The number of unbranched alkanes of at least 4 members (excludes halogenated alkanes) is 1. The predicted octanol–water partition coefficient (Wildman–Crippen LogP) is 1.69. The molecule has 0 aromatic carbocycles. The number of alkyl halides is 1. The van der Waals surface area contributed by atoms with Crippen molar-refractivity contribution in [1.29, 1.82) is 0 Å². The summed E-state index contributed by atoms with van der Waals surface area (Å²) in [6, 6.07) is 0. The number of nitrogens with one attached hydrogen (secondary N) is 1. The summed E-state index contributed by atoms with van der Waals surface area (Å²) in [5, 5.41) is 2.59. The molecule has 0 saturated heterocycles. The molecule has 3 heteroatoms. The number of halogens is 1. The van der Waals surface area contributed by atoms with Crippen molar-refractivity contribution in [3.63, 3.8) is 0 Å². The maximum atomic E-state index is 10.9. The maximum absolute atomic E-state index is 10.9. The van der Waals surface area contributed by atoms with Gasteiger partial charge in [0.1, 0.15) is 0 Å². The Kier molecular flexibility index (Phi) is 5.69. The van der Waals surface area contributed by atoms with Gasteiger partial charge in [-0.1, -0.05) is 35.7 Å². The van der Waals surface area contributed by atoms with E-state index < -0.39 is 0 Å². The van der Waals surface area contributed by atoms with Gasteiger partial charge in [0, 0.05) is 7.05 Å². The van der Waals surface area contributed by atoms with Gasteiger partial charge < -0.3 is 5.32 Å². The van der Waals surface area contributed by atoms with Crippen molar-refractivity contribution in [2.45, 2.75) is 31.0 Å². The molecule has 0 spiro atoms. The minimum absolute atomic E-state index is 0.00236. The van der Waals surface area contributed by atoms with Crippen LogP contribution < -0.4 is 5.32 Å². The van der Waals surface area contributed by atoms with Crippen LogP contribution in [0.2, 0.25) is 0 Å². The Bertz CT molecular complexity index is 106. The fourth-order valence-electron chi connectivity index (χ4n) is 0.671. The molecule has 0 rings (SSSR count). The highest BCUT2D eigenvalue weighted by Crippen LogP contribution is 2.08. The Labute approximate surface area is 70.5 Å². The molecule has 0 aromatic rings. The van der Waals surface area contributed by atoms with Crippen molar-refractivity contribution in [3.8, 4) is 0 Å². The van der Waals surface area contributed by atoms with E-state index in [0.29, 0.717) is 0 Å². The number of amides is 1. The lowest BCUT2D eigenvalue weighted by molar-refractivity contribution is -0.120. The van der Waals surface area contributed by atoms with Gasteiger partial charge in [-0.05, 0) is 6.42 Å². The standard InChI is InChI=1S/C7H14BrNO/c1-3-4-5-6(8)7(10)9-2/h6H,3-5H2,1-2H3,(H,9,10)/t6-/m1/s1. The molecule has 1 N–H and O–H groups in total. The zero-order valence-corrected chi connectivity index (χ0v) is 8.07. The van der Waals surface area contributed by atoms with Gasteiger partial charge in [0.25, 0.3) is 0 Å². The van der Waals surface area contributed by atoms with Gasteiger partial charge in [-0.3, -0.25) is 4.79 Å². The molecule has 0 saturated carbocycles. The molecule has 0 radical (unpaired) electrons. The Morgan fingerprint density at radius 1 is 1.70 bits per heavy atom. The molecule has 10 heavy (non-hydrogen) atoms. The molecule has 0 aliphatic heterocycles. The third kappa shape index (κ3) is 3.88.